The summed E-state index contributed by atoms with van der Waals surface area (Å²) in [6.45, 7) is 1.32. The number of piperidine rings is 1. The second kappa shape index (κ2) is 5.37. The molecule has 0 radical (unpaired) electrons. The second-order valence-corrected chi connectivity index (χ2v) is 7.94. The number of nitrogens with two attached hydrogens (primary N) is 1. The molecule has 3 rings (SSSR count). The molecule has 1 aromatic carbocycles. The number of rotatable bonds is 3. The fraction of sp³-hybridized carbons (Fsp3) is 0.600. The van der Waals surface area contributed by atoms with Gasteiger partial charge in [0.05, 0.1) is 4.90 Å². The average molecular weight is 294 g/mol. The molecule has 1 aliphatic carbocycles. The number of hydrogen-bond donors (Lipinski definition) is 1. The van der Waals surface area contributed by atoms with Gasteiger partial charge >= 0.3 is 0 Å². The van der Waals surface area contributed by atoms with Crippen molar-refractivity contribution in [2.45, 2.75) is 37.0 Å². The largest absolute Gasteiger partial charge is 0.399 e. The molecule has 1 aliphatic heterocycles. The Labute approximate surface area is 121 Å². The molecule has 0 unspecified atom stereocenters. The minimum absolute atomic E-state index is 0.355. The topological polar surface area (TPSA) is 63.4 Å². The molecule has 0 aromatic heterocycles. The highest BCUT2D eigenvalue weighted by molar-refractivity contribution is 7.89. The monoisotopic (exact) mass is 294 g/mol. The molecule has 2 fully saturated rings. The molecule has 5 heteroatoms. The van der Waals surface area contributed by atoms with Crippen molar-refractivity contribution in [3.05, 3.63) is 24.3 Å². The Bertz CT molecular complexity index is 556. The van der Waals surface area contributed by atoms with E-state index in [0.29, 0.717) is 23.7 Å². The van der Waals surface area contributed by atoms with E-state index in [9.17, 15) is 8.42 Å². The summed E-state index contributed by atoms with van der Waals surface area (Å²) in [6.07, 6.45) is 6.07. The Morgan fingerprint density at radius 1 is 0.950 bits per heavy atom. The first-order chi connectivity index (χ1) is 9.57. The third-order valence-electron chi connectivity index (χ3n) is 4.83. The summed E-state index contributed by atoms with van der Waals surface area (Å²) in [5.74, 6) is 1.60. The van der Waals surface area contributed by atoms with Gasteiger partial charge in [-0.3, -0.25) is 0 Å². The van der Waals surface area contributed by atoms with Crippen LogP contribution in [0.5, 0.6) is 0 Å². The van der Waals surface area contributed by atoms with Crippen LogP contribution in [0.1, 0.15) is 32.1 Å². The molecule has 0 atom stereocenters. The first-order valence-corrected chi connectivity index (χ1v) is 8.87. The molecule has 0 bridgehead atoms. The van der Waals surface area contributed by atoms with E-state index in [1.54, 1.807) is 28.6 Å². The van der Waals surface area contributed by atoms with E-state index in [0.717, 1.165) is 24.7 Å². The van der Waals surface area contributed by atoms with Crippen LogP contribution in [0.4, 0.5) is 5.69 Å². The van der Waals surface area contributed by atoms with Gasteiger partial charge in [0, 0.05) is 18.8 Å². The van der Waals surface area contributed by atoms with Crippen LogP contribution in [0.2, 0.25) is 0 Å². The summed E-state index contributed by atoms with van der Waals surface area (Å²) >= 11 is 0. The molecule has 1 aromatic rings. The zero-order valence-corrected chi connectivity index (χ0v) is 12.5. The highest BCUT2D eigenvalue weighted by Gasteiger charge is 2.34. The van der Waals surface area contributed by atoms with Gasteiger partial charge in [0.2, 0.25) is 10.0 Å². The number of nitrogen functional groups attached to an aromatic ring is 1. The summed E-state index contributed by atoms with van der Waals surface area (Å²) in [7, 11) is -3.34. The van der Waals surface area contributed by atoms with Gasteiger partial charge in [0.15, 0.2) is 0 Å². The minimum atomic E-state index is -3.34. The van der Waals surface area contributed by atoms with Gasteiger partial charge in [-0.1, -0.05) is 19.3 Å². The molecule has 20 heavy (non-hydrogen) atoms. The summed E-state index contributed by atoms with van der Waals surface area (Å²) in [4.78, 5) is 0.355. The van der Waals surface area contributed by atoms with Crippen LogP contribution in [0, 0.1) is 11.8 Å². The lowest BCUT2D eigenvalue weighted by Crippen LogP contribution is -2.41. The first kappa shape index (κ1) is 13.9. The Kier molecular flexibility index (Phi) is 3.73. The predicted octanol–water partition coefficient (Wildman–Crippen LogP) is 2.47. The minimum Gasteiger partial charge on any atom is -0.399 e. The maximum atomic E-state index is 12.5. The van der Waals surface area contributed by atoms with Gasteiger partial charge in [-0.2, -0.15) is 4.31 Å². The van der Waals surface area contributed by atoms with Crippen LogP contribution in [-0.2, 0) is 10.0 Å². The van der Waals surface area contributed by atoms with E-state index >= 15 is 0 Å². The standard InChI is InChI=1S/C15H22N2O2S/c16-14-4-6-15(7-5-14)20(18,19)17-10-8-13(9-11-17)12-2-1-3-12/h4-7,12-13H,1-3,8-11,16H2. The van der Waals surface area contributed by atoms with Crippen LogP contribution in [0.25, 0.3) is 0 Å². The lowest BCUT2D eigenvalue weighted by atomic mass is 9.72. The molecule has 4 nitrogen and oxygen atoms in total. The van der Waals surface area contributed by atoms with Crippen LogP contribution in [-0.4, -0.2) is 25.8 Å². The lowest BCUT2D eigenvalue weighted by Gasteiger charge is -2.39. The Hall–Kier alpha value is -1.07. The van der Waals surface area contributed by atoms with E-state index in [4.69, 9.17) is 5.73 Å². The van der Waals surface area contributed by atoms with Crippen molar-refractivity contribution >= 4 is 15.7 Å². The van der Waals surface area contributed by atoms with Crippen LogP contribution in [0.3, 0.4) is 0 Å². The van der Waals surface area contributed by atoms with E-state index < -0.39 is 10.0 Å². The van der Waals surface area contributed by atoms with Crippen molar-refractivity contribution in [2.75, 3.05) is 18.8 Å². The highest BCUT2D eigenvalue weighted by Crippen LogP contribution is 2.39. The maximum absolute atomic E-state index is 12.5. The quantitative estimate of drug-likeness (QED) is 0.871. The fourth-order valence-electron chi connectivity index (χ4n) is 3.29. The van der Waals surface area contributed by atoms with Gasteiger partial charge in [-0.25, -0.2) is 8.42 Å². The predicted molar refractivity (Wildman–Crippen MR) is 79.7 cm³/mol. The van der Waals surface area contributed by atoms with E-state index in [1.165, 1.54) is 19.3 Å². The normalized spacial score (nSPS) is 22.6. The smallest absolute Gasteiger partial charge is 0.243 e. The SMILES string of the molecule is Nc1ccc(S(=O)(=O)N2CCC(C3CCC3)CC2)cc1. The fourth-order valence-corrected chi connectivity index (χ4v) is 4.76. The number of sulfonamides is 1. The van der Waals surface area contributed by atoms with E-state index in [-0.39, 0.29) is 0 Å². The van der Waals surface area contributed by atoms with Gasteiger partial charge in [-0.05, 0) is 48.9 Å². The molecule has 110 valence electrons. The Balaban J connectivity index is 1.68. The van der Waals surface area contributed by atoms with Crippen LogP contribution >= 0.6 is 0 Å². The molecular formula is C15H22N2O2S. The van der Waals surface area contributed by atoms with E-state index in [2.05, 4.69) is 0 Å². The number of anilines is 1. The van der Waals surface area contributed by atoms with Crippen molar-refractivity contribution in [3.63, 3.8) is 0 Å². The first-order valence-electron chi connectivity index (χ1n) is 7.43. The zero-order chi connectivity index (χ0) is 14.2. The van der Waals surface area contributed by atoms with Gasteiger partial charge in [0.1, 0.15) is 0 Å². The van der Waals surface area contributed by atoms with Gasteiger partial charge in [-0.15, -0.1) is 0 Å². The van der Waals surface area contributed by atoms with Crippen molar-refractivity contribution in [1.82, 2.24) is 4.31 Å². The Morgan fingerprint density at radius 2 is 1.50 bits per heavy atom. The van der Waals surface area contributed by atoms with Gasteiger partial charge in [0.25, 0.3) is 0 Å². The number of nitrogens with zero attached hydrogens (tertiary/aromatic N) is 1. The summed E-state index contributed by atoms with van der Waals surface area (Å²) < 4.78 is 26.7. The van der Waals surface area contributed by atoms with Crippen LogP contribution < -0.4 is 5.73 Å². The van der Waals surface area contributed by atoms with Crippen LogP contribution in [0.15, 0.2) is 29.2 Å². The zero-order valence-electron chi connectivity index (χ0n) is 11.7. The molecule has 2 N–H and O–H groups in total. The van der Waals surface area contributed by atoms with Gasteiger partial charge < -0.3 is 5.73 Å². The molecular weight excluding hydrogens is 272 g/mol. The van der Waals surface area contributed by atoms with E-state index in [1.807, 2.05) is 0 Å². The average Bonchev–Trinajstić information content (AvgIpc) is 2.38. The third-order valence-corrected chi connectivity index (χ3v) is 6.75. The third kappa shape index (κ3) is 2.56. The summed E-state index contributed by atoms with van der Waals surface area (Å²) in [5, 5.41) is 0. The summed E-state index contributed by atoms with van der Waals surface area (Å²) in [5.41, 5.74) is 6.20. The second-order valence-electron chi connectivity index (χ2n) is 6.00. The molecule has 1 saturated carbocycles. The number of hydrogen-bond acceptors (Lipinski definition) is 3. The maximum Gasteiger partial charge on any atom is 0.243 e. The Morgan fingerprint density at radius 3 is 2.00 bits per heavy atom. The lowest BCUT2D eigenvalue weighted by molar-refractivity contribution is 0.142. The molecule has 1 heterocycles. The van der Waals surface area contributed by atoms with Crippen molar-refractivity contribution in [1.29, 1.82) is 0 Å². The van der Waals surface area contributed by atoms with Crippen molar-refractivity contribution in [2.24, 2.45) is 11.8 Å². The molecule has 1 saturated heterocycles. The van der Waals surface area contributed by atoms with Crippen molar-refractivity contribution in [3.8, 4) is 0 Å². The molecule has 2 aliphatic rings. The summed E-state index contributed by atoms with van der Waals surface area (Å²) in [6, 6.07) is 6.49. The number of benzene rings is 1. The molecule has 0 spiro atoms. The van der Waals surface area contributed by atoms with Crippen molar-refractivity contribution < 1.29 is 8.42 Å². The highest BCUT2D eigenvalue weighted by atomic mass is 32.2. The molecule has 0 amide bonds.